The number of hydrogen-bond acceptors (Lipinski definition) is 4. The van der Waals surface area contributed by atoms with Gasteiger partial charge in [-0.05, 0) is 46.3 Å². The molecule has 1 aromatic heterocycles. The molecule has 0 radical (unpaired) electrons. The van der Waals surface area contributed by atoms with Crippen LogP contribution in [0.3, 0.4) is 0 Å². The van der Waals surface area contributed by atoms with E-state index in [-0.39, 0.29) is 5.56 Å². The van der Waals surface area contributed by atoms with Crippen LogP contribution in [0.1, 0.15) is 15.2 Å². The van der Waals surface area contributed by atoms with Crippen LogP contribution in [0.25, 0.3) is 0 Å². The van der Waals surface area contributed by atoms with E-state index in [1.54, 1.807) is 23.5 Å². The maximum Gasteiger partial charge on any atom is 0.337 e. The summed E-state index contributed by atoms with van der Waals surface area (Å²) in [6.07, 6.45) is 0. The summed E-state index contributed by atoms with van der Waals surface area (Å²) in [7, 11) is 0. The first-order valence-electron chi connectivity index (χ1n) is 5.17. The van der Waals surface area contributed by atoms with Crippen LogP contribution < -0.4 is 11.1 Å². The van der Waals surface area contributed by atoms with Gasteiger partial charge < -0.3 is 16.2 Å². The molecule has 0 fully saturated rings. The fourth-order valence-corrected chi connectivity index (χ4v) is 2.95. The fraction of sp³-hybridized carbons (Fsp3) is 0.0833. The van der Waals surface area contributed by atoms with Gasteiger partial charge in [-0.2, -0.15) is 0 Å². The van der Waals surface area contributed by atoms with Crippen LogP contribution in [0.4, 0.5) is 11.4 Å². The Morgan fingerprint density at radius 3 is 2.78 bits per heavy atom. The highest BCUT2D eigenvalue weighted by atomic mass is 79.9. The number of nitrogens with two attached hydrogens (primary N) is 1. The van der Waals surface area contributed by atoms with E-state index in [9.17, 15) is 4.79 Å². The Bertz CT molecular complexity index is 583. The highest BCUT2D eigenvalue weighted by molar-refractivity contribution is 9.11. The van der Waals surface area contributed by atoms with Crippen LogP contribution in [0.5, 0.6) is 0 Å². The standard InChI is InChI=1S/C12H11BrN2O2S/c13-11-4-2-8(18-11)6-15-10-5-7(14)1-3-9(10)12(16)17/h1-5,15H,6,14H2,(H,16,17). The molecule has 0 saturated heterocycles. The fourth-order valence-electron chi connectivity index (χ4n) is 1.52. The average Bonchev–Trinajstić information content (AvgIpc) is 2.72. The second kappa shape index (κ2) is 5.41. The van der Waals surface area contributed by atoms with Crippen LogP contribution in [0.2, 0.25) is 0 Å². The van der Waals surface area contributed by atoms with Crippen molar-refractivity contribution in [3.05, 3.63) is 44.6 Å². The summed E-state index contributed by atoms with van der Waals surface area (Å²) in [5.74, 6) is -0.968. The highest BCUT2D eigenvalue weighted by Gasteiger charge is 2.10. The molecule has 1 aromatic carbocycles. The predicted molar refractivity (Wildman–Crippen MR) is 77.2 cm³/mol. The lowest BCUT2D eigenvalue weighted by Crippen LogP contribution is -2.06. The Morgan fingerprint density at radius 1 is 1.39 bits per heavy atom. The molecule has 6 heteroatoms. The van der Waals surface area contributed by atoms with Crippen LogP contribution in [0, 0.1) is 0 Å². The molecule has 0 amide bonds. The van der Waals surface area contributed by atoms with Crippen LogP contribution >= 0.6 is 27.3 Å². The molecular formula is C12H11BrN2O2S. The average molecular weight is 327 g/mol. The van der Waals surface area contributed by atoms with Crippen molar-refractivity contribution in [2.24, 2.45) is 0 Å². The van der Waals surface area contributed by atoms with E-state index in [0.29, 0.717) is 17.9 Å². The maximum atomic E-state index is 11.1. The van der Waals surface area contributed by atoms with Crippen LogP contribution in [-0.2, 0) is 6.54 Å². The SMILES string of the molecule is Nc1ccc(C(=O)O)c(NCc2ccc(Br)s2)c1. The van der Waals surface area contributed by atoms with Gasteiger partial charge in [-0.1, -0.05) is 0 Å². The number of hydrogen-bond donors (Lipinski definition) is 3. The molecule has 94 valence electrons. The molecule has 4 N–H and O–H groups in total. The minimum atomic E-state index is -0.968. The number of rotatable bonds is 4. The quantitative estimate of drug-likeness (QED) is 0.752. The third-order valence-corrected chi connectivity index (χ3v) is 3.98. The first-order chi connectivity index (χ1) is 8.56. The molecule has 2 aromatic rings. The Morgan fingerprint density at radius 2 is 2.17 bits per heavy atom. The summed E-state index contributed by atoms with van der Waals surface area (Å²) in [4.78, 5) is 12.2. The lowest BCUT2D eigenvalue weighted by Gasteiger charge is -2.09. The van der Waals surface area contributed by atoms with Crippen molar-refractivity contribution in [1.29, 1.82) is 0 Å². The maximum absolute atomic E-state index is 11.1. The van der Waals surface area contributed by atoms with Gasteiger partial charge >= 0.3 is 5.97 Å². The van der Waals surface area contributed by atoms with Gasteiger partial charge in [-0.25, -0.2) is 4.79 Å². The van der Waals surface area contributed by atoms with Crippen molar-refractivity contribution >= 4 is 44.6 Å². The van der Waals surface area contributed by atoms with Gasteiger partial charge in [0, 0.05) is 17.1 Å². The van der Waals surface area contributed by atoms with Crippen molar-refractivity contribution in [1.82, 2.24) is 0 Å². The molecule has 1 heterocycles. The van der Waals surface area contributed by atoms with Gasteiger partial charge in [0.25, 0.3) is 0 Å². The van der Waals surface area contributed by atoms with Crippen LogP contribution in [-0.4, -0.2) is 11.1 Å². The molecule has 0 unspecified atom stereocenters. The topological polar surface area (TPSA) is 75.4 Å². The Labute approximate surface area is 117 Å². The van der Waals surface area contributed by atoms with Gasteiger partial charge in [0.15, 0.2) is 0 Å². The monoisotopic (exact) mass is 326 g/mol. The van der Waals surface area contributed by atoms with Crippen molar-refractivity contribution in [2.45, 2.75) is 6.54 Å². The predicted octanol–water partition coefficient (Wildman–Crippen LogP) is 3.40. The Balaban J connectivity index is 2.17. The van der Waals surface area contributed by atoms with E-state index in [1.165, 1.54) is 6.07 Å². The molecule has 18 heavy (non-hydrogen) atoms. The number of carbonyl (C=O) groups is 1. The summed E-state index contributed by atoms with van der Waals surface area (Å²) in [5.41, 5.74) is 6.96. The van der Waals surface area contributed by atoms with E-state index in [2.05, 4.69) is 21.2 Å². The number of carboxylic acid groups (broad SMARTS) is 1. The second-order valence-corrected chi connectivity index (χ2v) is 6.22. The summed E-state index contributed by atoms with van der Waals surface area (Å²) < 4.78 is 1.05. The smallest absolute Gasteiger partial charge is 0.337 e. The van der Waals surface area contributed by atoms with Gasteiger partial charge in [0.1, 0.15) is 0 Å². The molecule has 0 spiro atoms. The number of halogens is 1. The van der Waals surface area contributed by atoms with Crippen molar-refractivity contribution in [3.63, 3.8) is 0 Å². The molecule has 0 aliphatic carbocycles. The summed E-state index contributed by atoms with van der Waals surface area (Å²) in [6.45, 7) is 0.569. The zero-order valence-corrected chi connectivity index (χ0v) is 11.7. The van der Waals surface area contributed by atoms with E-state index in [1.807, 2.05) is 12.1 Å². The largest absolute Gasteiger partial charge is 0.478 e. The first kappa shape index (κ1) is 12.9. The number of carboxylic acids is 1. The molecule has 0 aliphatic heterocycles. The summed E-state index contributed by atoms with van der Waals surface area (Å²) in [6, 6.07) is 8.65. The molecule has 0 saturated carbocycles. The van der Waals surface area contributed by atoms with Gasteiger partial charge in [-0.15, -0.1) is 11.3 Å². The molecule has 0 atom stereocenters. The summed E-state index contributed by atoms with van der Waals surface area (Å²) in [5, 5.41) is 12.2. The van der Waals surface area contributed by atoms with E-state index in [0.717, 1.165) is 8.66 Å². The first-order valence-corrected chi connectivity index (χ1v) is 6.78. The van der Waals surface area contributed by atoms with Crippen molar-refractivity contribution < 1.29 is 9.90 Å². The minimum Gasteiger partial charge on any atom is -0.478 e. The lowest BCUT2D eigenvalue weighted by molar-refractivity contribution is 0.0698. The molecular weight excluding hydrogens is 316 g/mol. The second-order valence-electron chi connectivity index (χ2n) is 3.67. The number of nitrogens with one attached hydrogen (secondary N) is 1. The highest BCUT2D eigenvalue weighted by Crippen LogP contribution is 2.24. The lowest BCUT2D eigenvalue weighted by atomic mass is 10.1. The number of anilines is 2. The zero-order chi connectivity index (χ0) is 13.1. The number of nitrogen functional groups attached to an aromatic ring is 1. The number of aromatic carboxylic acids is 1. The van der Waals surface area contributed by atoms with E-state index >= 15 is 0 Å². The Hall–Kier alpha value is -1.53. The van der Waals surface area contributed by atoms with E-state index < -0.39 is 5.97 Å². The van der Waals surface area contributed by atoms with Gasteiger partial charge in [0.2, 0.25) is 0 Å². The normalized spacial score (nSPS) is 10.3. The molecule has 0 bridgehead atoms. The van der Waals surface area contributed by atoms with E-state index in [4.69, 9.17) is 10.8 Å². The molecule has 4 nitrogen and oxygen atoms in total. The minimum absolute atomic E-state index is 0.222. The Kier molecular flexibility index (Phi) is 3.88. The zero-order valence-electron chi connectivity index (χ0n) is 9.31. The number of benzene rings is 1. The molecule has 0 aliphatic rings. The van der Waals surface area contributed by atoms with Crippen molar-refractivity contribution in [2.75, 3.05) is 11.1 Å². The molecule has 2 rings (SSSR count). The van der Waals surface area contributed by atoms with Crippen LogP contribution in [0.15, 0.2) is 34.1 Å². The van der Waals surface area contributed by atoms with Gasteiger partial charge in [0.05, 0.1) is 15.0 Å². The number of thiophene rings is 1. The third kappa shape index (κ3) is 3.02. The third-order valence-electron chi connectivity index (χ3n) is 2.36. The van der Waals surface area contributed by atoms with Crippen molar-refractivity contribution in [3.8, 4) is 0 Å². The van der Waals surface area contributed by atoms with Gasteiger partial charge in [-0.3, -0.25) is 0 Å². The summed E-state index contributed by atoms with van der Waals surface area (Å²) >= 11 is 4.99.